The van der Waals surface area contributed by atoms with Crippen LogP contribution in [0, 0.1) is 12.7 Å². The average molecular weight is 388 g/mol. The van der Waals surface area contributed by atoms with E-state index in [2.05, 4.69) is 24.7 Å². The van der Waals surface area contributed by atoms with Crippen molar-refractivity contribution in [1.82, 2.24) is 10.9 Å². The van der Waals surface area contributed by atoms with Gasteiger partial charge in [-0.05, 0) is 67.3 Å². The second-order valence-electron chi connectivity index (χ2n) is 6.71. The average Bonchev–Trinajstić information content (AvgIpc) is 2.65. The van der Waals surface area contributed by atoms with Gasteiger partial charge in [0.1, 0.15) is 17.3 Å². The highest BCUT2D eigenvalue weighted by Crippen LogP contribution is 2.23. The predicted molar refractivity (Wildman–Crippen MR) is 104 cm³/mol. The zero-order valence-corrected chi connectivity index (χ0v) is 16.4. The molecule has 0 aliphatic carbocycles. The van der Waals surface area contributed by atoms with Crippen LogP contribution in [0.5, 0.6) is 11.5 Å². The first kappa shape index (κ1) is 21.2. The number of halogens is 1. The molecule has 0 spiro atoms. The topological polar surface area (TPSA) is 76.7 Å². The molecule has 0 heterocycles. The molecule has 0 saturated carbocycles. The van der Waals surface area contributed by atoms with Crippen LogP contribution in [-0.4, -0.2) is 24.5 Å². The Morgan fingerprint density at radius 3 is 2.25 bits per heavy atom. The highest BCUT2D eigenvalue weighted by molar-refractivity contribution is 5.85. The lowest BCUT2D eigenvalue weighted by molar-refractivity contribution is -0.133. The Morgan fingerprint density at radius 1 is 1.00 bits per heavy atom. The number of hydrazine groups is 1. The summed E-state index contributed by atoms with van der Waals surface area (Å²) in [6, 6.07) is 11.0. The molecule has 6 nitrogen and oxygen atoms in total. The van der Waals surface area contributed by atoms with Crippen molar-refractivity contribution in [1.29, 1.82) is 0 Å². The first-order valence-electron chi connectivity index (χ1n) is 9.00. The molecule has 0 unspecified atom stereocenters. The summed E-state index contributed by atoms with van der Waals surface area (Å²) in [7, 11) is 0. The van der Waals surface area contributed by atoms with Gasteiger partial charge in [0, 0.05) is 0 Å². The van der Waals surface area contributed by atoms with Gasteiger partial charge >= 0.3 is 0 Å². The first-order valence-corrected chi connectivity index (χ1v) is 9.00. The third-order valence-corrected chi connectivity index (χ3v) is 4.05. The van der Waals surface area contributed by atoms with Crippen LogP contribution in [0.2, 0.25) is 0 Å². The SMILES string of the molecule is Cc1cc(OCC(=O)NNC(=O)[C@H](C)Oc2ccc(F)cc2)ccc1C(C)C. The van der Waals surface area contributed by atoms with Crippen LogP contribution >= 0.6 is 0 Å². The lowest BCUT2D eigenvalue weighted by Crippen LogP contribution is -2.48. The molecule has 0 aliphatic rings. The van der Waals surface area contributed by atoms with Crippen molar-refractivity contribution in [3.63, 3.8) is 0 Å². The Bertz CT molecular complexity index is 822. The number of carbonyl (C=O) groups excluding carboxylic acids is 2. The maximum atomic E-state index is 12.9. The fourth-order valence-electron chi connectivity index (χ4n) is 2.57. The summed E-state index contributed by atoms with van der Waals surface area (Å²) in [5.74, 6) is -0.115. The maximum Gasteiger partial charge on any atom is 0.279 e. The van der Waals surface area contributed by atoms with Gasteiger partial charge in [0.15, 0.2) is 12.7 Å². The quantitative estimate of drug-likeness (QED) is 0.714. The molecule has 2 aromatic rings. The molecule has 2 N–H and O–H groups in total. The fraction of sp³-hybridized carbons (Fsp3) is 0.333. The third-order valence-electron chi connectivity index (χ3n) is 4.05. The molecular formula is C21H25FN2O4. The zero-order chi connectivity index (χ0) is 20.7. The minimum absolute atomic E-state index is 0.242. The van der Waals surface area contributed by atoms with E-state index < -0.39 is 23.7 Å². The predicted octanol–water partition coefficient (Wildman–Crippen LogP) is 3.25. The van der Waals surface area contributed by atoms with E-state index in [1.54, 1.807) is 0 Å². The van der Waals surface area contributed by atoms with Crippen molar-refractivity contribution in [2.24, 2.45) is 0 Å². The zero-order valence-electron chi connectivity index (χ0n) is 16.4. The highest BCUT2D eigenvalue weighted by atomic mass is 19.1. The van der Waals surface area contributed by atoms with Gasteiger partial charge in [-0.25, -0.2) is 4.39 Å². The molecule has 0 aliphatic heterocycles. The number of ether oxygens (including phenoxy) is 2. The van der Waals surface area contributed by atoms with Crippen molar-refractivity contribution in [2.75, 3.05) is 6.61 Å². The lowest BCUT2D eigenvalue weighted by Gasteiger charge is -2.15. The van der Waals surface area contributed by atoms with Gasteiger partial charge in [0.2, 0.25) is 0 Å². The Kier molecular flexibility index (Phi) is 7.37. The van der Waals surface area contributed by atoms with E-state index in [4.69, 9.17) is 9.47 Å². The van der Waals surface area contributed by atoms with Crippen molar-refractivity contribution in [3.05, 3.63) is 59.4 Å². The van der Waals surface area contributed by atoms with Gasteiger partial charge in [0.05, 0.1) is 0 Å². The normalized spacial score (nSPS) is 11.6. The number of aryl methyl sites for hydroxylation is 1. The second kappa shape index (κ2) is 9.73. The third kappa shape index (κ3) is 6.26. The number of amides is 2. The Hall–Kier alpha value is -3.09. The lowest BCUT2D eigenvalue weighted by atomic mass is 9.98. The highest BCUT2D eigenvalue weighted by Gasteiger charge is 2.15. The van der Waals surface area contributed by atoms with Crippen molar-refractivity contribution in [2.45, 2.75) is 39.7 Å². The Morgan fingerprint density at radius 2 is 1.64 bits per heavy atom. The van der Waals surface area contributed by atoms with E-state index >= 15 is 0 Å². The van der Waals surface area contributed by atoms with Crippen LogP contribution in [-0.2, 0) is 9.59 Å². The number of hydrogen-bond donors (Lipinski definition) is 2. The van der Waals surface area contributed by atoms with E-state index in [-0.39, 0.29) is 6.61 Å². The number of benzene rings is 2. The molecule has 0 aromatic heterocycles. The van der Waals surface area contributed by atoms with E-state index in [0.29, 0.717) is 17.4 Å². The molecular weight excluding hydrogens is 363 g/mol. The van der Waals surface area contributed by atoms with Gasteiger partial charge in [0.25, 0.3) is 11.8 Å². The van der Waals surface area contributed by atoms with E-state index in [1.165, 1.54) is 36.8 Å². The van der Waals surface area contributed by atoms with Gasteiger partial charge in [-0.3, -0.25) is 20.4 Å². The molecule has 0 fully saturated rings. The van der Waals surface area contributed by atoms with Gasteiger partial charge in [-0.15, -0.1) is 0 Å². The van der Waals surface area contributed by atoms with Crippen molar-refractivity contribution in [3.8, 4) is 11.5 Å². The van der Waals surface area contributed by atoms with Crippen LogP contribution in [0.1, 0.15) is 37.8 Å². The summed E-state index contributed by atoms with van der Waals surface area (Å²) in [6.45, 7) is 7.49. The molecule has 28 heavy (non-hydrogen) atoms. The van der Waals surface area contributed by atoms with Gasteiger partial charge < -0.3 is 9.47 Å². The van der Waals surface area contributed by atoms with Gasteiger partial charge in [-0.2, -0.15) is 0 Å². The second-order valence-corrected chi connectivity index (χ2v) is 6.71. The van der Waals surface area contributed by atoms with Crippen molar-refractivity contribution >= 4 is 11.8 Å². The number of rotatable bonds is 7. The van der Waals surface area contributed by atoms with Crippen LogP contribution in [0.4, 0.5) is 4.39 Å². The fourth-order valence-corrected chi connectivity index (χ4v) is 2.57. The summed E-state index contributed by atoms with van der Waals surface area (Å²) in [5.41, 5.74) is 6.85. The molecule has 7 heteroatoms. The minimum Gasteiger partial charge on any atom is -0.484 e. The van der Waals surface area contributed by atoms with E-state index in [1.807, 2.05) is 25.1 Å². The molecule has 0 bridgehead atoms. The standard InChI is InChI=1S/C21H25FN2O4/c1-13(2)19-10-9-18(11-14(19)3)27-12-20(25)23-24-21(26)15(4)28-17-7-5-16(22)6-8-17/h5-11,13,15H,12H2,1-4H3,(H,23,25)(H,24,26)/t15-/m0/s1. The summed E-state index contributed by atoms with van der Waals surface area (Å²) in [6.07, 6.45) is -0.877. The molecule has 2 amide bonds. The molecule has 1 atom stereocenters. The van der Waals surface area contributed by atoms with E-state index in [0.717, 1.165) is 5.56 Å². The molecule has 0 saturated heterocycles. The first-order chi connectivity index (χ1) is 13.3. The smallest absolute Gasteiger partial charge is 0.279 e. The van der Waals surface area contributed by atoms with Crippen LogP contribution < -0.4 is 20.3 Å². The molecule has 0 radical (unpaired) electrons. The largest absolute Gasteiger partial charge is 0.484 e. The monoisotopic (exact) mass is 388 g/mol. The molecule has 150 valence electrons. The van der Waals surface area contributed by atoms with Crippen molar-refractivity contribution < 1.29 is 23.5 Å². The Labute approximate surface area is 164 Å². The molecule has 2 rings (SSSR count). The summed E-state index contributed by atoms with van der Waals surface area (Å²) in [4.78, 5) is 23.8. The summed E-state index contributed by atoms with van der Waals surface area (Å²) >= 11 is 0. The van der Waals surface area contributed by atoms with E-state index in [9.17, 15) is 14.0 Å². The maximum absolute atomic E-state index is 12.9. The van der Waals surface area contributed by atoms with Crippen LogP contribution in [0.3, 0.4) is 0 Å². The van der Waals surface area contributed by atoms with Gasteiger partial charge in [-0.1, -0.05) is 19.9 Å². The Balaban J connectivity index is 1.76. The number of carbonyl (C=O) groups is 2. The molecule has 2 aromatic carbocycles. The van der Waals surface area contributed by atoms with Crippen LogP contribution in [0.15, 0.2) is 42.5 Å². The minimum atomic E-state index is -0.877. The summed E-state index contributed by atoms with van der Waals surface area (Å²) < 4.78 is 23.7. The number of hydrogen-bond acceptors (Lipinski definition) is 4. The number of nitrogens with one attached hydrogen (secondary N) is 2. The van der Waals surface area contributed by atoms with Crippen LogP contribution in [0.25, 0.3) is 0 Å². The summed E-state index contributed by atoms with van der Waals surface area (Å²) in [5, 5.41) is 0.